The molecule has 0 unspecified atom stereocenters. The van der Waals surface area contributed by atoms with E-state index in [-0.39, 0.29) is 1.43 Å². The summed E-state index contributed by atoms with van der Waals surface area (Å²) in [6, 6.07) is 6.47. The van der Waals surface area contributed by atoms with Crippen molar-refractivity contribution in [2.45, 2.75) is 27.7 Å². The van der Waals surface area contributed by atoms with Crippen molar-refractivity contribution in [3.63, 3.8) is 0 Å². The van der Waals surface area contributed by atoms with Crippen molar-refractivity contribution in [3.8, 4) is 0 Å². The molecule has 0 fully saturated rings. The summed E-state index contributed by atoms with van der Waals surface area (Å²) in [4.78, 5) is 3.23. The first-order valence-electron chi connectivity index (χ1n) is 4.82. The molecule has 0 amide bonds. The molecule has 0 aliphatic carbocycles. The summed E-state index contributed by atoms with van der Waals surface area (Å²) in [5.74, 6) is 0. The molecular formula is C12H19N. The van der Waals surface area contributed by atoms with Crippen molar-refractivity contribution in [1.82, 2.24) is 4.98 Å². The molecule has 0 saturated heterocycles. The molecule has 1 heteroatoms. The van der Waals surface area contributed by atoms with Gasteiger partial charge in [0.25, 0.3) is 0 Å². The van der Waals surface area contributed by atoms with E-state index < -0.39 is 0 Å². The number of aryl methyl sites for hydroxylation is 2. The van der Waals surface area contributed by atoms with Crippen LogP contribution in [-0.4, -0.2) is 4.98 Å². The molecule has 0 atom stereocenters. The van der Waals surface area contributed by atoms with E-state index in [2.05, 4.69) is 37.0 Å². The van der Waals surface area contributed by atoms with Gasteiger partial charge in [0.1, 0.15) is 0 Å². The van der Waals surface area contributed by atoms with E-state index >= 15 is 0 Å². The van der Waals surface area contributed by atoms with Crippen LogP contribution >= 0.6 is 0 Å². The molecule has 1 nitrogen and oxygen atoms in total. The fourth-order valence-corrected chi connectivity index (χ4v) is 1.39. The van der Waals surface area contributed by atoms with Crippen molar-refractivity contribution in [2.24, 2.45) is 0 Å². The highest BCUT2D eigenvalue weighted by Crippen LogP contribution is 2.17. The molecule has 1 heterocycles. The number of hydrogen-bond donors (Lipinski definition) is 1. The standard InChI is InChI=1S/C10H11N.C2H6.H2/c1-7-3-4-9-8(2)6-11-10(9)5-7;1-2;/h3-6,11H,1-2H3;1-2H3;1H. The third-order valence-corrected chi connectivity index (χ3v) is 2.04. The maximum atomic E-state index is 3.23. The molecule has 2 rings (SSSR count). The molecule has 1 aromatic carbocycles. The molecule has 0 aliphatic heterocycles. The number of hydrogen-bond acceptors (Lipinski definition) is 0. The molecular weight excluding hydrogens is 158 g/mol. The van der Waals surface area contributed by atoms with Crippen molar-refractivity contribution in [3.05, 3.63) is 35.5 Å². The Morgan fingerprint density at radius 3 is 2.54 bits per heavy atom. The summed E-state index contributed by atoms with van der Waals surface area (Å²) in [5.41, 5.74) is 3.86. The summed E-state index contributed by atoms with van der Waals surface area (Å²) in [7, 11) is 0. The summed E-state index contributed by atoms with van der Waals surface area (Å²) < 4.78 is 0. The molecule has 2 aromatic rings. The number of rotatable bonds is 0. The van der Waals surface area contributed by atoms with E-state index in [0.29, 0.717) is 0 Å². The Morgan fingerprint density at radius 1 is 1.15 bits per heavy atom. The molecule has 0 radical (unpaired) electrons. The lowest BCUT2D eigenvalue weighted by Crippen LogP contribution is -1.71. The van der Waals surface area contributed by atoms with Crippen LogP contribution in [0.1, 0.15) is 26.4 Å². The van der Waals surface area contributed by atoms with Crippen LogP contribution in [-0.2, 0) is 0 Å². The van der Waals surface area contributed by atoms with Gasteiger partial charge in [0.15, 0.2) is 0 Å². The molecule has 0 saturated carbocycles. The molecule has 0 bridgehead atoms. The lowest BCUT2D eigenvalue weighted by atomic mass is 10.1. The van der Waals surface area contributed by atoms with E-state index in [4.69, 9.17) is 0 Å². The molecule has 0 aliphatic rings. The van der Waals surface area contributed by atoms with Crippen LogP contribution in [0.4, 0.5) is 0 Å². The lowest BCUT2D eigenvalue weighted by Gasteiger charge is -1.92. The maximum absolute atomic E-state index is 3.23. The first kappa shape index (κ1) is 9.85. The minimum Gasteiger partial charge on any atom is -0.361 e. The SMILES string of the molecule is CC.Cc1ccc2c(C)c[nH]c2c1.[HH]. The van der Waals surface area contributed by atoms with Gasteiger partial charge in [0, 0.05) is 18.5 Å². The summed E-state index contributed by atoms with van der Waals surface area (Å²) >= 11 is 0. The van der Waals surface area contributed by atoms with Crippen LogP contribution in [0.5, 0.6) is 0 Å². The predicted octanol–water partition coefficient (Wildman–Crippen LogP) is 4.06. The summed E-state index contributed by atoms with van der Waals surface area (Å²) in [6.45, 7) is 8.23. The van der Waals surface area contributed by atoms with Gasteiger partial charge in [-0.15, -0.1) is 0 Å². The van der Waals surface area contributed by atoms with Gasteiger partial charge in [-0.2, -0.15) is 0 Å². The fraction of sp³-hybridized carbons (Fsp3) is 0.333. The Bertz CT molecular complexity index is 390. The summed E-state index contributed by atoms with van der Waals surface area (Å²) in [5, 5.41) is 1.33. The van der Waals surface area contributed by atoms with E-state index in [1.807, 2.05) is 20.0 Å². The minimum atomic E-state index is 0. The van der Waals surface area contributed by atoms with Gasteiger partial charge in [-0.3, -0.25) is 0 Å². The van der Waals surface area contributed by atoms with E-state index in [9.17, 15) is 0 Å². The highest BCUT2D eigenvalue weighted by atomic mass is 14.7. The Kier molecular flexibility index (Phi) is 3.13. The highest BCUT2D eigenvalue weighted by molar-refractivity contribution is 5.83. The first-order chi connectivity index (χ1) is 6.27. The monoisotopic (exact) mass is 177 g/mol. The highest BCUT2D eigenvalue weighted by Gasteiger charge is 1.97. The average Bonchev–Trinajstić information content (AvgIpc) is 2.51. The third-order valence-electron chi connectivity index (χ3n) is 2.04. The number of aromatic amines is 1. The van der Waals surface area contributed by atoms with Crippen LogP contribution in [0.25, 0.3) is 10.9 Å². The van der Waals surface area contributed by atoms with E-state index in [1.54, 1.807) is 0 Å². The molecule has 1 N–H and O–H groups in total. The Hall–Kier alpha value is -1.24. The van der Waals surface area contributed by atoms with Crippen molar-refractivity contribution >= 4 is 10.9 Å². The second-order valence-electron chi connectivity index (χ2n) is 3.02. The number of H-pyrrole nitrogens is 1. The van der Waals surface area contributed by atoms with E-state index in [0.717, 1.165) is 0 Å². The topological polar surface area (TPSA) is 15.8 Å². The van der Waals surface area contributed by atoms with Crippen LogP contribution in [0.15, 0.2) is 24.4 Å². The van der Waals surface area contributed by atoms with Gasteiger partial charge in [0.2, 0.25) is 0 Å². The molecule has 0 spiro atoms. The first-order valence-corrected chi connectivity index (χ1v) is 4.82. The maximum Gasteiger partial charge on any atom is 0.0459 e. The van der Waals surface area contributed by atoms with Crippen molar-refractivity contribution in [2.75, 3.05) is 0 Å². The number of aromatic nitrogens is 1. The predicted molar refractivity (Wildman–Crippen MR) is 61.2 cm³/mol. The third kappa shape index (κ3) is 1.92. The molecule has 13 heavy (non-hydrogen) atoms. The van der Waals surface area contributed by atoms with Crippen LogP contribution in [0.2, 0.25) is 0 Å². The van der Waals surface area contributed by atoms with E-state index in [1.165, 1.54) is 22.0 Å². The Labute approximate surface area is 81.3 Å². The zero-order valence-corrected chi connectivity index (χ0v) is 8.81. The van der Waals surface area contributed by atoms with Gasteiger partial charge >= 0.3 is 0 Å². The van der Waals surface area contributed by atoms with Gasteiger partial charge in [0.05, 0.1) is 0 Å². The fourth-order valence-electron chi connectivity index (χ4n) is 1.39. The zero-order chi connectivity index (χ0) is 9.84. The Morgan fingerprint density at radius 2 is 1.85 bits per heavy atom. The molecule has 1 aromatic heterocycles. The number of benzene rings is 1. The summed E-state index contributed by atoms with van der Waals surface area (Å²) in [6.07, 6.45) is 2.05. The minimum absolute atomic E-state index is 0. The van der Waals surface area contributed by atoms with Gasteiger partial charge < -0.3 is 4.98 Å². The molecule has 72 valence electrons. The van der Waals surface area contributed by atoms with Crippen LogP contribution in [0, 0.1) is 13.8 Å². The Balaban J connectivity index is 0.000000531. The second kappa shape index (κ2) is 4.13. The van der Waals surface area contributed by atoms with Gasteiger partial charge in [-0.1, -0.05) is 26.0 Å². The van der Waals surface area contributed by atoms with Crippen molar-refractivity contribution < 1.29 is 1.43 Å². The number of fused-ring (bicyclic) bond motifs is 1. The van der Waals surface area contributed by atoms with Gasteiger partial charge in [-0.25, -0.2) is 0 Å². The second-order valence-corrected chi connectivity index (χ2v) is 3.02. The quantitative estimate of drug-likeness (QED) is 0.624. The average molecular weight is 177 g/mol. The van der Waals surface area contributed by atoms with Gasteiger partial charge in [-0.05, 0) is 31.0 Å². The van der Waals surface area contributed by atoms with Crippen LogP contribution < -0.4 is 0 Å². The lowest BCUT2D eigenvalue weighted by molar-refractivity contribution is 1.42. The number of nitrogens with one attached hydrogen (secondary N) is 1. The normalized spacial score (nSPS) is 9.54. The van der Waals surface area contributed by atoms with Crippen LogP contribution in [0.3, 0.4) is 0 Å². The zero-order valence-electron chi connectivity index (χ0n) is 8.81. The smallest absolute Gasteiger partial charge is 0.0459 e. The van der Waals surface area contributed by atoms with Crippen molar-refractivity contribution in [1.29, 1.82) is 0 Å². The largest absolute Gasteiger partial charge is 0.361 e.